The van der Waals surface area contributed by atoms with Crippen molar-refractivity contribution in [1.29, 1.82) is 0 Å². The van der Waals surface area contributed by atoms with Crippen molar-refractivity contribution in [3.63, 3.8) is 0 Å². The molecule has 4 nitrogen and oxygen atoms in total. The summed E-state index contributed by atoms with van der Waals surface area (Å²) >= 11 is 0. The minimum atomic E-state index is -0.203. The van der Waals surface area contributed by atoms with Crippen LogP contribution in [0.5, 0.6) is 0 Å². The minimum absolute atomic E-state index is 0.122. The minimum Gasteiger partial charge on any atom is -0.379 e. The number of hydrogen-bond donors (Lipinski definition) is 1. The fourth-order valence-corrected chi connectivity index (χ4v) is 1.96. The van der Waals surface area contributed by atoms with E-state index in [1.807, 2.05) is 0 Å². The van der Waals surface area contributed by atoms with Crippen molar-refractivity contribution in [2.45, 2.75) is 39.7 Å². The van der Waals surface area contributed by atoms with E-state index in [9.17, 15) is 4.79 Å². The lowest BCUT2D eigenvalue weighted by atomic mass is 9.88. The lowest BCUT2D eigenvalue weighted by molar-refractivity contribution is -0.125. The maximum absolute atomic E-state index is 11.5. The number of carbonyl (C=O) groups is 1. The molecule has 1 aliphatic heterocycles. The van der Waals surface area contributed by atoms with Crippen LogP contribution in [0.4, 0.5) is 0 Å². The van der Waals surface area contributed by atoms with Crippen LogP contribution in [0.25, 0.3) is 0 Å². The zero-order chi connectivity index (χ0) is 12.2. The largest absolute Gasteiger partial charge is 0.379 e. The van der Waals surface area contributed by atoms with Crippen molar-refractivity contribution < 1.29 is 9.53 Å². The summed E-state index contributed by atoms with van der Waals surface area (Å²) in [6.07, 6.45) is 1.86. The number of hydrogen-bond acceptors (Lipinski definition) is 3. The summed E-state index contributed by atoms with van der Waals surface area (Å²) in [6, 6.07) is -0.122. The Morgan fingerprint density at radius 1 is 1.38 bits per heavy atom. The van der Waals surface area contributed by atoms with E-state index in [1.165, 1.54) is 0 Å². The van der Waals surface area contributed by atoms with Crippen LogP contribution in [-0.2, 0) is 9.53 Å². The first-order valence-electron chi connectivity index (χ1n) is 6.01. The lowest BCUT2D eigenvalue weighted by Gasteiger charge is -2.33. The molecule has 0 radical (unpaired) electrons. The predicted molar refractivity (Wildman–Crippen MR) is 64.1 cm³/mol. The summed E-state index contributed by atoms with van der Waals surface area (Å²) in [4.78, 5) is 13.6. The summed E-state index contributed by atoms with van der Waals surface area (Å²) in [5.41, 5.74) is 5.73. The second-order valence-corrected chi connectivity index (χ2v) is 5.67. The third kappa shape index (κ3) is 4.49. The first-order chi connectivity index (χ1) is 7.40. The Morgan fingerprint density at radius 2 is 1.94 bits per heavy atom. The van der Waals surface area contributed by atoms with Gasteiger partial charge in [-0.25, -0.2) is 0 Å². The Labute approximate surface area is 98.1 Å². The molecular formula is C12H24N2O2. The molecule has 1 atom stereocenters. The van der Waals surface area contributed by atoms with E-state index in [0.717, 1.165) is 25.9 Å². The van der Waals surface area contributed by atoms with E-state index in [4.69, 9.17) is 10.5 Å². The Kier molecular flexibility index (Phi) is 4.74. The number of nitrogens with two attached hydrogens (primary N) is 1. The molecule has 16 heavy (non-hydrogen) atoms. The molecule has 2 N–H and O–H groups in total. The van der Waals surface area contributed by atoms with Crippen molar-refractivity contribution in [3.05, 3.63) is 0 Å². The summed E-state index contributed by atoms with van der Waals surface area (Å²) in [5.74, 6) is -0.203. The smallest absolute Gasteiger partial charge is 0.234 e. The fourth-order valence-electron chi connectivity index (χ4n) is 1.96. The summed E-state index contributed by atoms with van der Waals surface area (Å²) in [6.45, 7) is 9.60. The third-order valence-electron chi connectivity index (χ3n) is 2.98. The Hall–Kier alpha value is -0.610. The van der Waals surface area contributed by atoms with E-state index >= 15 is 0 Å². The highest BCUT2D eigenvalue weighted by molar-refractivity contribution is 5.79. The summed E-state index contributed by atoms with van der Waals surface area (Å²) in [7, 11) is 0. The average molecular weight is 228 g/mol. The van der Waals surface area contributed by atoms with Crippen LogP contribution in [-0.4, -0.2) is 43.2 Å². The quantitative estimate of drug-likeness (QED) is 0.781. The second kappa shape index (κ2) is 5.64. The number of ether oxygens (including phenoxy) is 1. The van der Waals surface area contributed by atoms with Crippen molar-refractivity contribution in [2.75, 3.05) is 26.3 Å². The molecule has 4 heteroatoms. The number of rotatable bonds is 4. The van der Waals surface area contributed by atoms with Crippen LogP contribution in [0.2, 0.25) is 0 Å². The van der Waals surface area contributed by atoms with E-state index in [1.54, 1.807) is 0 Å². The molecule has 0 aliphatic carbocycles. The summed E-state index contributed by atoms with van der Waals surface area (Å²) < 4.78 is 5.28. The van der Waals surface area contributed by atoms with Gasteiger partial charge in [0.05, 0.1) is 19.3 Å². The fraction of sp³-hybridized carbons (Fsp3) is 0.917. The molecule has 0 aromatic heterocycles. The van der Waals surface area contributed by atoms with Gasteiger partial charge in [-0.1, -0.05) is 20.8 Å². The lowest BCUT2D eigenvalue weighted by Crippen LogP contribution is -2.50. The van der Waals surface area contributed by atoms with Crippen LogP contribution < -0.4 is 5.73 Å². The molecule has 0 saturated carbocycles. The van der Waals surface area contributed by atoms with Gasteiger partial charge in [-0.15, -0.1) is 0 Å². The standard InChI is InChI=1S/C12H24N2O2/c1-12(2,3)5-4-10(11(13)15)14-6-8-16-9-7-14/h10H,4-9H2,1-3H3,(H2,13,15). The van der Waals surface area contributed by atoms with Crippen LogP contribution in [0.1, 0.15) is 33.6 Å². The van der Waals surface area contributed by atoms with Crippen LogP contribution >= 0.6 is 0 Å². The molecule has 1 heterocycles. The van der Waals surface area contributed by atoms with Gasteiger partial charge in [-0.3, -0.25) is 9.69 Å². The molecule has 94 valence electrons. The highest BCUT2D eigenvalue weighted by atomic mass is 16.5. The van der Waals surface area contributed by atoms with Crippen LogP contribution in [0.15, 0.2) is 0 Å². The molecule has 1 rings (SSSR count). The molecule has 1 amide bonds. The topological polar surface area (TPSA) is 55.6 Å². The third-order valence-corrected chi connectivity index (χ3v) is 2.98. The first kappa shape index (κ1) is 13.5. The first-order valence-corrected chi connectivity index (χ1v) is 6.01. The van der Waals surface area contributed by atoms with Crippen molar-refractivity contribution in [3.8, 4) is 0 Å². The Bertz CT molecular complexity index is 230. The molecule has 0 spiro atoms. The van der Waals surface area contributed by atoms with Gasteiger partial charge >= 0.3 is 0 Å². The van der Waals surface area contributed by atoms with Crippen LogP contribution in [0.3, 0.4) is 0 Å². The van der Waals surface area contributed by atoms with Gasteiger partial charge in [-0.05, 0) is 18.3 Å². The van der Waals surface area contributed by atoms with Gasteiger partial charge < -0.3 is 10.5 Å². The monoisotopic (exact) mass is 228 g/mol. The highest BCUT2D eigenvalue weighted by Gasteiger charge is 2.26. The Balaban J connectivity index is 2.49. The second-order valence-electron chi connectivity index (χ2n) is 5.67. The predicted octanol–water partition coefficient (Wildman–Crippen LogP) is 0.999. The molecule has 1 fully saturated rings. The molecule has 0 aromatic carbocycles. The number of amides is 1. The summed E-state index contributed by atoms with van der Waals surface area (Å²) in [5, 5.41) is 0. The Morgan fingerprint density at radius 3 is 2.38 bits per heavy atom. The van der Waals surface area contributed by atoms with E-state index in [-0.39, 0.29) is 17.4 Å². The van der Waals surface area contributed by atoms with Crippen molar-refractivity contribution in [1.82, 2.24) is 4.90 Å². The molecule has 1 unspecified atom stereocenters. The zero-order valence-corrected chi connectivity index (χ0v) is 10.7. The number of carbonyl (C=O) groups excluding carboxylic acids is 1. The molecule has 0 aromatic rings. The van der Waals surface area contributed by atoms with E-state index in [2.05, 4.69) is 25.7 Å². The molecule has 0 bridgehead atoms. The maximum Gasteiger partial charge on any atom is 0.234 e. The van der Waals surface area contributed by atoms with Crippen molar-refractivity contribution in [2.24, 2.45) is 11.1 Å². The van der Waals surface area contributed by atoms with Crippen LogP contribution in [0, 0.1) is 5.41 Å². The van der Waals surface area contributed by atoms with Gasteiger partial charge in [0, 0.05) is 13.1 Å². The zero-order valence-electron chi connectivity index (χ0n) is 10.7. The number of primary amides is 1. The van der Waals surface area contributed by atoms with Gasteiger partial charge in [0.15, 0.2) is 0 Å². The normalized spacial score (nSPS) is 20.7. The van der Waals surface area contributed by atoms with Gasteiger partial charge in [0.1, 0.15) is 0 Å². The maximum atomic E-state index is 11.5. The molecule has 1 aliphatic rings. The molecule has 1 saturated heterocycles. The average Bonchev–Trinajstić information content (AvgIpc) is 2.17. The molecular weight excluding hydrogens is 204 g/mol. The van der Waals surface area contributed by atoms with E-state index < -0.39 is 0 Å². The van der Waals surface area contributed by atoms with Gasteiger partial charge in [0.25, 0.3) is 0 Å². The SMILES string of the molecule is CC(C)(C)CCC(C(N)=O)N1CCOCC1. The highest BCUT2D eigenvalue weighted by Crippen LogP contribution is 2.23. The van der Waals surface area contributed by atoms with Gasteiger partial charge in [-0.2, -0.15) is 0 Å². The van der Waals surface area contributed by atoms with Crippen molar-refractivity contribution >= 4 is 5.91 Å². The van der Waals surface area contributed by atoms with Gasteiger partial charge in [0.2, 0.25) is 5.91 Å². The van der Waals surface area contributed by atoms with E-state index in [0.29, 0.717) is 13.2 Å². The number of morpholine rings is 1. The number of nitrogens with zero attached hydrogens (tertiary/aromatic N) is 1.